The third-order valence-electron chi connectivity index (χ3n) is 3.42. The average molecular weight is 270 g/mol. The molecule has 0 spiro atoms. The number of aryl methyl sites for hydroxylation is 1. The van der Waals surface area contributed by atoms with Crippen LogP contribution in [0, 0.1) is 23.1 Å². The highest BCUT2D eigenvalue weighted by molar-refractivity contribution is 5.29. The molecule has 2 nitrogen and oxygen atoms in total. The summed E-state index contributed by atoms with van der Waals surface area (Å²) in [5.41, 5.74) is 2.83. The van der Waals surface area contributed by atoms with Crippen LogP contribution in [0.25, 0.3) is 0 Å². The van der Waals surface area contributed by atoms with Gasteiger partial charge in [0.25, 0.3) is 0 Å². The highest BCUT2D eigenvalue weighted by atomic mass is 19.1. The van der Waals surface area contributed by atoms with Gasteiger partial charge in [-0.15, -0.1) is 0 Å². The van der Waals surface area contributed by atoms with Gasteiger partial charge in [-0.25, -0.2) is 4.39 Å². The van der Waals surface area contributed by atoms with Crippen LogP contribution >= 0.6 is 0 Å². The predicted octanol–water partition coefficient (Wildman–Crippen LogP) is 4.14. The van der Waals surface area contributed by atoms with Crippen LogP contribution in [0.2, 0.25) is 0 Å². The molecule has 20 heavy (non-hydrogen) atoms. The number of nitrogens with zero attached hydrogens (tertiary/aromatic N) is 2. The van der Waals surface area contributed by atoms with Crippen molar-refractivity contribution in [3.63, 3.8) is 0 Å². The number of nitriles is 1. The zero-order valence-electron chi connectivity index (χ0n) is 11.9. The van der Waals surface area contributed by atoms with Crippen LogP contribution in [0.15, 0.2) is 36.4 Å². The Kier molecular flexibility index (Phi) is 4.57. The first-order valence-corrected chi connectivity index (χ1v) is 6.93. The lowest BCUT2D eigenvalue weighted by atomic mass is 10.1. The van der Waals surface area contributed by atoms with Crippen LogP contribution in [0.3, 0.4) is 0 Å². The van der Waals surface area contributed by atoms with Crippen molar-refractivity contribution in [2.45, 2.75) is 33.2 Å². The smallest absolute Gasteiger partial charge is 0.123 e. The van der Waals surface area contributed by atoms with Gasteiger partial charge < -0.3 is 4.57 Å². The first kappa shape index (κ1) is 14.3. The molecule has 0 unspecified atom stereocenters. The first-order valence-electron chi connectivity index (χ1n) is 6.93. The Morgan fingerprint density at radius 2 is 1.85 bits per heavy atom. The van der Waals surface area contributed by atoms with Crippen molar-refractivity contribution in [3.05, 3.63) is 59.2 Å². The summed E-state index contributed by atoms with van der Waals surface area (Å²) >= 11 is 0. The summed E-state index contributed by atoms with van der Waals surface area (Å²) in [4.78, 5) is 0. The number of benzene rings is 1. The van der Waals surface area contributed by atoms with Crippen molar-refractivity contribution in [2.75, 3.05) is 0 Å². The van der Waals surface area contributed by atoms with Gasteiger partial charge in [0.2, 0.25) is 0 Å². The molecule has 0 aliphatic rings. The lowest BCUT2D eigenvalue weighted by Crippen LogP contribution is -2.07. The summed E-state index contributed by atoms with van der Waals surface area (Å²) < 4.78 is 15.0. The number of rotatable bonds is 5. The van der Waals surface area contributed by atoms with Gasteiger partial charge in [-0.1, -0.05) is 26.0 Å². The van der Waals surface area contributed by atoms with Gasteiger partial charge in [0.1, 0.15) is 17.6 Å². The van der Waals surface area contributed by atoms with Gasteiger partial charge in [-0.2, -0.15) is 5.26 Å². The van der Waals surface area contributed by atoms with Gasteiger partial charge in [0.05, 0.1) is 0 Å². The van der Waals surface area contributed by atoms with Crippen LogP contribution < -0.4 is 0 Å². The molecule has 0 bridgehead atoms. The van der Waals surface area contributed by atoms with Crippen LogP contribution in [-0.2, 0) is 13.0 Å². The Morgan fingerprint density at radius 3 is 2.45 bits per heavy atom. The molecule has 2 aromatic rings. The monoisotopic (exact) mass is 270 g/mol. The molecule has 0 aliphatic heterocycles. The van der Waals surface area contributed by atoms with Crippen LogP contribution in [0.1, 0.15) is 37.2 Å². The highest BCUT2D eigenvalue weighted by Crippen LogP contribution is 2.16. The van der Waals surface area contributed by atoms with E-state index in [-0.39, 0.29) is 5.82 Å². The summed E-state index contributed by atoms with van der Waals surface area (Å²) in [5.74, 6) is 0.400. The summed E-state index contributed by atoms with van der Waals surface area (Å²) in [7, 11) is 0. The van der Waals surface area contributed by atoms with Gasteiger partial charge in [-0.3, -0.25) is 0 Å². The Labute approximate surface area is 119 Å². The normalized spacial score (nSPS) is 10.8. The molecular weight excluding hydrogens is 251 g/mol. The van der Waals surface area contributed by atoms with Crippen molar-refractivity contribution >= 4 is 0 Å². The summed E-state index contributed by atoms with van der Waals surface area (Å²) in [5, 5.41) is 9.20. The third kappa shape index (κ3) is 3.48. The van der Waals surface area contributed by atoms with Crippen LogP contribution in [-0.4, -0.2) is 4.57 Å². The molecule has 0 saturated heterocycles. The molecule has 0 aliphatic carbocycles. The Bertz CT molecular complexity index is 603. The largest absolute Gasteiger partial charge is 0.332 e. The van der Waals surface area contributed by atoms with Gasteiger partial charge in [0, 0.05) is 12.2 Å². The molecule has 0 radical (unpaired) electrons. The van der Waals surface area contributed by atoms with E-state index in [0.29, 0.717) is 18.2 Å². The molecule has 3 heteroatoms. The van der Waals surface area contributed by atoms with Gasteiger partial charge in [0.15, 0.2) is 0 Å². The molecule has 1 heterocycles. The van der Waals surface area contributed by atoms with E-state index in [9.17, 15) is 9.65 Å². The van der Waals surface area contributed by atoms with E-state index in [1.807, 2.05) is 16.7 Å². The minimum absolute atomic E-state index is 0.234. The van der Waals surface area contributed by atoms with E-state index in [1.54, 1.807) is 12.1 Å². The van der Waals surface area contributed by atoms with Crippen molar-refractivity contribution < 1.29 is 4.39 Å². The fourth-order valence-electron chi connectivity index (χ4n) is 2.22. The standard InChI is InChI=1S/C17H19FN2/c1-13(2)3-8-16-9-10-17(11-19)20(16)12-14-4-6-15(18)7-5-14/h4-7,9-10,13H,3,8,12H2,1-2H3. The van der Waals surface area contributed by atoms with Crippen molar-refractivity contribution in [1.82, 2.24) is 4.57 Å². The zero-order valence-corrected chi connectivity index (χ0v) is 11.9. The average Bonchev–Trinajstić information content (AvgIpc) is 2.81. The molecule has 1 aromatic carbocycles. The van der Waals surface area contributed by atoms with Gasteiger partial charge >= 0.3 is 0 Å². The lowest BCUT2D eigenvalue weighted by Gasteiger charge is -2.12. The number of aromatic nitrogens is 1. The molecule has 0 N–H and O–H groups in total. The molecule has 0 amide bonds. The van der Waals surface area contributed by atoms with E-state index in [0.717, 1.165) is 18.4 Å². The van der Waals surface area contributed by atoms with Gasteiger partial charge in [-0.05, 0) is 48.6 Å². The fraction of sp³-hybridized carbons (Fsp3) is 0.353. The summed E-state index contributed by atoms with van der Waals surface area (Å²) in [6.45, 7) is 5.00. The molecule has 0 saturated carbocycles. The maximum absolute atomic E-state index is 12.9. The minimum atomic E-state index is -0.234. The van der Waals surface area contributed by atoms with Crippen LogP contribution in [0.4, 0.5) is 4.39 Å². The summed E-state index contributed by atoms with van der Waals surface area (Å²) in [6, 6.07) is 12.5. The molecular formula is C17H19FN2. The predicted molar refractivity (Wildman–Crippen MR) is 77.8 cm³/mol. The first-order chi connectivity index (χ1) is 9.60. The second-order valence-corrected chi connectivity index (χ2v) is 5.47. The van der Waals surface area contributed by atoms with Crippen molar-refractivity contribution in [2.24, 2.45) is 5.92 Å². The lowest BCUT2D eigenvalue weighted by molar-refractivity contribution is 0.567. The Morgan fingerprint density at radius 1 is 1.15 bits per heavy atom. The Hall–Kier alpha value is -2.08. The summed E-state index contributed by atoms with van der Waals surface area (Å²) in [6.07, 6.45) is 2.05. The number of hydrogen-bond acceptors (Lipinski definition) is 1. The van der Waals surface area contributed by atoms with E-state index in [1.165, 1.54) is 17.8 Å². The zero-order chi connectivity index (χ0) is 14.5. The minimum Gasteiger partial charge on any atom is -0.332 e. The van der Waals surface area contributed by atoms with E-state index >= 15 is 0 Å². The number of halogens is 1. The molecule has 2 rings (SSSR count). The molecule has 1 aromatic heterocycles. The van der Waals surface area contributed by atoms with Crippen molar-refractivity contribution in [1.29, 1.82) is 5.26 Å². The fourth-order valence-corrected chi connectivity index (χ4v) is 2.22. The topological polar surface area (TPSA) is 28.7 Å². The molecule has 0 fully saturated rings. The number of hydrogen-bond donors (Lipinski definition) is 0. The van der Waals surface area contributed by atoms with E-state index in [2.05, 4.69) is 19.9 Å². The maximum atomic E-state index is 12.9. The third-order valence-corrected chi connectivity index (χ3v) is 3.42. The molecule has 104 valence electrons. The Balaban J connectivity index is 2.22. The second-order valence-electron chi connectivity index (χ2n) is 5.47. The van der Waals surface area contributed by atoms with E-state index in [4.69, 9.17) is 0 Å². The van der Waals surface area contributed by atoms with E-state index < -0.39 is 0 Å². The van der Waals surface area contributed by atoms with Crippen molar-refractivity contribution in [3.8, 4) is 6.07 Å². The SMILES string of the molecule is CC(C)CCc1ccc(C#N)n1Cc1ccc(F)cc1. The van der Waals surface area contributed by atoms with Crippen LogP contribution in [0.5, 0.6) is 0 Å². The molecule has 0 atom stereocenters. The second kappa shape index (κ2) is 6.38. The maximum Gasteiger partial charge on any atom is 0.123 e. The quantitative estimate of drug-likeness (QED) is 0.802. The highest BCUT2D eigenvalue weighted by Gasteiger charge is 2.09.